The molecule has 8 bridgehead atoms. The Morgan fingerprint density at radius 1 is 0.469 bits per heavy atom. The van der Waals surface area contributed by atoms with Gasteiger partial charge in [-0.25, -0.2) is 9.97 Å². The van der Waals surface area contributed by atoms with Gasteiger partial charge in [-0.1, -0.05) is 36.4 Å². The van der Waals surface area contributed by atoms with Crippen molar-refractivity contribution in [3.8, 4) is 34.6 Å². The molecule has 0 atom stereocenters. The fourth-order valence-corrected chi connectivity index (χ4v) is 3.27. The van der Waals surface area contributed by atoms with E-state index >= 15 is 0 Å². The summed E-state index contributed by atoms with van der Waals surface area (Å²) in [6.07, 6.45) is 0. The minimum absolute atomic E-state index is 0.409. The van der Waals surface area contributed by atoms with Gasteiger partial charge in [-0.05, 0) is 47.5 Å². The number of ether oxygens (including phenoxy) is 4. The van der Waals surface area contributed by atoms with Crippen LogP contribution in [0.4, 0.5) is 0 Å². The van der Waals surface area contributed by atoms with Crippen molar-refractivity contribution in [1.29, 1.82) is 0 Å². The van der Waals surface area contributed by atoms with Gasteiger partial charge in [0.25, 0.3) is 0 Å². The highest BCUT2D eigenvalue weighted by atomic mass is 16.5. The molecule has 0 radical (unpaired) electrons. The number of nitrogens with zero attached hydrogens (tertiary/aromatic N) is 2. The summed E-state index contributed by atoms with van der Waals surface area (Å²) in [7, 11) is 0. The average Bonchev–Trinajstić information content (AvgIpc) is 2.85. The highest BCUT2D eigenvalue weighted by Crippen LogP contribution is 2.22. The zero-order valence-electron chi connectivity index (χ0n) is 17.4. The predicted octanol–water partition coefficient (Wildman–Crippen LogP) is 5.07. The second kappa shape index (κ2) is 9.39. The monoisotopic (exact) mass is 426 g/mol. The molecule has 0 unspecified atom stereocenters. The van der Waals surface area contributed by atoms with E-state index in [4.69, 9.17) is 18.9 Å². The molecule has 6 heteroatoms. The summed E-state index contributed by atoms with van der Waals surface area (Å²) >= 11 is 0. The molecule has 6 nitrogen and oxygen atoms in total. The maximum Gasteiger partial charge on any atom is 0.214 e. The van der Waals surface area contributed by atoms with Crippen LogP contribution in [-0.2, 0) is 13.2 Å². The summed E-state index contributed by atoms with van der Waals surface area (Å²) in [5.41, 5.74) is 3.49. The SMILES string of the molecule is c1cc2nc(c1)-c1cccc(n1)OCc1ccc(cc1)OCCOc1ccc(cc1)CO2. The molecule has 2 aromatic heterocycles. The molecule has 3 aliphatic heterocycles. The van der Waals surface area contributed by atoms with Crippen LogP contribution in [0.5, 0.6) is 23.3 Å². The maximum atomic E-state index is 5.89. The van der Waals surface area contributed by atoms with Crippen molar-refractivity contribution < 1.29 is 18.9 Å². The third kappa shape index (κ3) is 4.98. The van der Waals surface area contributed by atoms with Gasteiger partial charge in [-0.15, -0.1) is 0 Å². The second-order valence-corrected chi connectivity index (χ2v) is 7.28. The van der Waals surface area contributed by atoms with Crippen molar-refractivity contribution in [3.05, 3.63) is 96.1 Å². The summed E-state index contributed by atoms with van der Waals surface area (Å²) in [4.78, 5) is 9.21. The summed E-state index contributed by atoms with van der Waals surface area (Å²) in [6, 6.07) is 26.9. The lowest BCUT2D eigenvalue weighted by Gasteiger charge is -2.11. The van der Waals surface area contributed by atoms with Crippen molar-refractivity contribution in [2.75, 3.05) is 13.2 Å². The van der Waals surface area contributed by atoms with E-state index in [2.05, 4.69) is 9.97 Å². The first-order valence-electron chi connectivity index (χ1n) is 10.5. The van der Waals surface area contributed by atoms with Crippen LogP contribution in [0.25, 0.3) is 11.4 Å². The lowest BCUT2D eigenvalue weighted by Crippen LogP contribution is -2.09. The zero-order chi connectivity index (χ0) is 21.6. The Kier molecular flexibility index (Phi) is 5.83. The predicted molar refractivity (Wildman–Crippen MR) is 120 cm³/mol. The molecule has 0 saturated carbocycles. The Morgan fingerprint density at radius 2 is 0.906 bits per heavy atom. The van der Waals surface area contributed by atoms with E-state index in [1.807, 2.05) is 84.9 Å². The van der Waals surface area contributed by atoms with Crippen molar-refractivity contribution in [1.82, 2.24) is 9.97 Å². The van der Waals surface area contributed by atoms with Crippen LogP contribution in [-0.4, -0.2) is 23.2 Å². The molecule has 0 N–H and O–H groups in total. The Bertz CT molecular complexity index is 1080. The van der Waals surface area contributed by atoms with E-state index in [0.717, 1.165) is 34.0 Å². The van der Waals surface area contributed by atoms with Crippen LogP contribution in [0, 0.1) is 0 Å². The molecule has 0 amide bonds. The van der Waals surface area contributed by atoms with Gasteiger partial charge in [-0.3, -0.25) is 0 Å². The smallest absolute Gasteiger partial charge is 0.214 e. The first kappa shape index (κ1) is 19.9. The van der Waals surface area contributed by atoms with Crippen LogP contribution in [0.3, 0.4) is 0 Å². The Balaban J connectivity index is 1.42. The van der Waals surface area contributed by atoms with Crippen LogP contribution in [0.1, 0.15) is 11.1 Å². The number of pyridine rings is 2. The van der Waals surface area contributed by atoms with E-state index in [-0.39, 0.29) is 0 Å². The van der Waals surface area contributed by atoms with E-state index in [1.165, 1.54) is 0 Å². The molecule has 0 fully saturated rings. The van der Waals surface area contributed by atoms with E-state index in [0.29, 0.717) is 38.2 Å². The maximum absolute atomic E-state index is 5.89. The third-order valence-electron chi connectivity index (χ3n) is 4.95. The van der Waals surface area contributed by atoms with Gasteiger partial charge in [-0.2, -0.15) is 0 Å². The normalized spacial score (nSPS) is 13.5. The molecular weight excluding hydrogens is 404 g/mol. The molecule has 0 spiro atoms. The van der Waals surface area contributed by atoms with Crippen molar-refractivity contribution >= 4 is 0 Å². The number of aromatic nitrogens is 2. The summed E-state index contributed by atoms with van der Waals surface area (Å²) in [6.45, 7) is 1.73. The fourth-order valence-electron chi connectivity index (χ4n) is 3.27. The van der Waals surface area contributed by atoms with Crippen molar-refractivity contribution in [2.24, 2.45) is 0 Å². The summed E-state index contributed by atoms with van der Waals surface area (Å²) in [5, 5.41) is 0. The second-order valence-electron chi connectivity index (χ2n) is 7.28. The number of hydrogen-bond donors (Lipinski definition) is 0. The Labute approximate surface area is 186 Å². The van der Waals surface area contributed by atoms with Gasteiger partial charge >= 0.3 is 0 Å². The van der Waals surface area contributed by atoms with E-state index < -0.39 is 0 Å². The lowest BCUT2D eigenvalue weighted by molar-refractivity contribution is 0.217. The average molecular weight is 426 g/mol. The molecule has 0 aliphatic carbocycles. The topological polar surface area (TPSA) is 62.7 Å². The van der Waals surface area contributed by atoms with Gasteiger partial charge in [0.05, 0.1) is 11.4 Å². The highest BCUT2D eigenvalue weighted by molar-refractivity contribution is 5.55. The molecule has 4 aromatic rings. The first-order valence-corrected chi connectivity index (χ1v) is 10.5. The van der Waals surface area contributed by atoms with Gasteiger partial charge < -0.3 is 18.9 Å². The Hall–Kier alpha value is -4.06. The standard InChI is InChI=1S/C26H22N2O4/c1-3-23-24-4-2-6-26(28-24)32-18-20-9-13-22(14-10-20)30-16-15-29-21-11-7-19(8-12-21)17-31-25(5-1)27-23/h1-14H,15-18H2. The van der Waals surface area contributed by atoms with Crippen LogP contribution in [0.15, 0.2) is 84.9 Å². The van der Waals surface area contributed by atoms with Crippen LogP contribution in [0.2, 0.25) is 0 Å². The molecule has 3 aliphatic rings. The largest absolute Gasteiger partial charge is 0.490 e. The zero-order valence-corrected chi connectivity index (χ0v) is 17.4. The van der Waals surface area contributed by atoms with Gasteiger partial charge in [0, 0.05) is 12.1 Å². The summed E-state index contributed by atoms with van der Waals surface area (Å²) in [5.74, 6) is 2.65. The molecule has 5 heterocycles. The van der Waals surface area contributed by atoms with Crippen molar-refractivity contribution in [3.63, 3.8) is 0 Å². The lowest BCUT2D eigenvalue weighted by atomic mass is 10.2. The number of fused-ring (bicyclic) bond motifs is 2. The van der Waals surface area contributed by atoms with E-state index in [9.17, 15) is 0 Å². The highest BCUT2D eigenvalue weighted by Gasteiger charge is 2.07. The molecule has 160 valence electrons. The fraction of sp³-hybridized carbons (Fsp3) is 0.154. The molecule has 32 heavy (non-hydrogen) atoms. The minimum atomic E-state index is 0.409. The van der Waals surface area contributed by atoms with Crippen LogP contribution >= 0.6 is 0 Å². The van der Waals surface area contributed by atoms with Gasteiger partial charge in [0.15, 0.2) is 0 Å². The Morgan fingerprint density at radius 3 is 1.34 bits per heavy atom. The molecular formula is C26H22N2O4. The van der Waals surface area contributed by atoms with Crippen molar-refractivity contribution in [2.45, 2.75) is 13.2 Å². The van der Waals surface area contributed by atoms with Gasteiger partial charge in [0.1, 0.15) is 37.9 Å². The quantitative estimate of drug-likeness (QED) is 0.391. The molecule has 2 aromatic carbocycles. The molecule has 0 saturated heterocycles. The van der Waals surface area contributed by atoms with Crippen LogP contribution < -0.4 is 18.9 Å². The number of rotatable bonds is 0. The first-order chi connectivity index (χ1) is 15.8. The minimum Gasteiger partial charge on any atom is -0.490 e. The number of benzene rings is 2. The number of hydrogen-bond acceptors (Lipinski definition) is 6. The molecule has 7 rings (SSSR count). The van der Waals surface area contributed by atoms with E-state index in [1.54, 1.807) is 0 Å². The third-order valence-corrected chi connectivity index (χ3v) is 4.95. The van der Waals surface area contributed by atoms with Gasteiger partial charge in [0.2, 0.25) is 11.8 Å². The summed E-state index contributed by atoms with van der Waals surface area (Å²) < 4.78 is 23.3.